The van der Waals surface area contributed by atoms with Gasteiger partial charge in [-0.25, -0.2) is 9.59 Å². The first kappa shape index (κ1) is 35.6. The quantitative estimate of drug-likeness (QED) is 0.0564. The summed E-state index contributed by atoms with van der Waals surface area (Å²) < 4.78 is 33.7. The van der Waals surface area contributed by atoms with Gasteiger partial charge in [0, 0.05) is 19.6 Å². The molecule has 9 heteroatoms. The maximum atomic E-state index is 13.0. The first-order valence-corrected chi connectivity index (χ1v) is 16.6. The molecule has 47 heavy (non-hydrogen) atoms. The minimum absolute atomic E-state index is 0.0400. The molecule has 0 aliphatic carbocycles. The van der Waals surface area contributed by atoms with Crippen LogP contribution in [0.4, 0.5) is 0 Å². The Bertz CT molecular complexity index is 1430. The maximum absolute atomic E-state index is 13.0. The average Bonchev–Trinajstić information content (AvgIpc) is 3.10. The van der Waals surface area contributed by atoms with Gasteiger partial charge in [0.25, 0.3) is 0 Å². The van der Waals surface area contributed by atoms with Crippen molar-refractivity contribution in [2.24, 2.45) is 0 Å². The Balaban J connectivity index is 1.20. The zero-order valence-corrected chi connectivity index (χ0v) is 27.5. The van der Waals surface area contributed by atoms with E-state index in [1.165, 1.54) is 19.1 Å². The van der Waals surface area contributed by atoms with Crippen LogP contribution in [0, 0.1) is 0 Å². The molecule has 0 saturated carbocycles. The van der Waals surface area contributed by atoms with Gasteiger partial charge in [-0.3, -0.25) is 4.79 Å². The number of carbonyl (C=O) groups is 3. The second-order valence-electron chi connectivity index (χ2n) is 11.5. The number of aryl methyl sites for hydroxylation is 1. The van der Waals surface area contributed by atoms with Gasteiger partial charge in [0.2, 0.25) is 0 Å². The lowest BCUT2D eigenvalue weighted by molar-refractivity contribution is -0.162. The summed E-state index contributed by atoms with van der Waals surface area (Å²) in [5.41, 5.74) is 2.91. The first-order chi connectivity index (χ1) is 23.0. The van der Waals surface area contributed by atoms with E-state index in [0.29, 0.717) is 43.0 Å². The molecule has 252 valence electrons. The molecule has 0 amide bonds. The van der Waals surface area contributed by atoms with Gasteiger partial charge in [0.1, 0.15) is 5.75 Å². The number of rotatable bonds is 19. The molecule has 1 aliphatic rings. The molecule has 9 nitrogen and oxygen atoms in total. The van der Waals surface area contributed by atoms with E-state index in [-0.39, 0.29) is 29.8 Å². The molecule has 3 aromatic rings. The minimum atomic E-state index is -0.634. The summed E-state index contributed by atoms with van der Waals surface area (Å²) in [6.45, 7) is 4.28. The Kier molecular flexibility index (Phi) is 14.7. The molecule has 1 heterocycles. The lowest BCUT2D eigenvalue weighted by Gasteiger charge is -2.22. The minimum Gasteiger partial charge on any atom is -0.493 e. The summed E-state index contributed by atoms with van der Waals surface area (Å²) in [6.07, 6.45) is 10.2. The lowest BCUT2D eigenvalue weighted by Crippen LogP contribution is -2.22. The van der Waals surface area contributed by atoms with E-state index in [1.807, 2.05) is 12.1 Å². The van der Waals surface area contributed by atoms with E-state index in [2.05, 4.69) is 6.92 Å². The fraction of sp³-hybridized carbons (Fsp3) is 0.447. The summed E-state index contributed by atoms with van der Waals surface area (Å²) in [5, 5.41) is 0. The number of hydrogen-bond donors (Lipinski definition) is 0. The Morgan fingerprint density at radius 1 is 0.787 bits per heavy atom. The highest BCUT2D eigenvalue weighted by atomic mass is 16.7. The van der Waals surface area contributed by atoms with Crippen molar-refractivity contribution in [2.75, 3.05) is 33.5 Å². The number of ether oxygens (including phenoxy) is 6. The van der Waals surface area contributed by atoms with Gasteiger partial charge >= 0.3 is 11.9 Å². The highest BCUT2D eigenvalue weighted by Gasteiger charge is 2.17. The maximum Gasteiger partial charge on any atom is 0.343 e. The molecule has 0 aromatic heterocycles. The third-order valence-corrected chi connectivity index (χ3v) is 7.89. The largest absolute Gasteiger partial charge is 0.493 e. The summed E-state index contributed by atoms with van der Waals surface area (Å²) in [5.74, 6) is 0.0501. The Morgan fingerprint density at radius 2 is 1.53 bits per heavy atom. The summed E-state index contributed by atoms with van der Waals surface area (Å²) in [4.78, 5) is 37.2. The highest BCUT2D eigenvalue weighted by Crippen LogP contribution is 2.29. The molecule has 0 spiro atoms. The molecular weight excluding hydrogens is 600 g/mol. The van der Waals surface area contributed by atoms with Crippen LogP contribution in [0.3, 0.4) is 0 Å². The van der Waals surface area contributed by atoms with Crippen molar-refractivity contribution >= 4 is 18.2 Å². The van der Waals surface area contributed by atoms with E-state index in [9.17, 15) is 14.4 Å². The summed E-state index contributed by atoms with van der Waals surface area (Å²) >= 11 is 0. The van der Waals surface area contributed by atoms with Crippen LogP contribution >= 0.6 is 0 Å². The van der Waals surface area contributed by atoms with Crippen molar-refractivity contribution in [2.45, 2.75) is 77.4 Å². The van der Waals surface area contributed by atoms with Crippen molar-refractivity contribution < 1.29 is 42.8 Å². The molecule has 3 aromatic carbocycles. The number of esters is 2. The zero-order chi connectivity index (χ0) is 33.3. The predicted molar refractivity (Wildman–Crippen MR) is 178 cm³/mol. The Hall–Kier alpha value is -4.21. The molecule has 1 saturated heterocycles. The third kappa shape index (κ3) is 11.5. The molecule has 1 unspecified atom stereocenters. The second kappa shape index (κ2) is 19.5. The van der Waals surface area contributed by atoms with Crippen molar-refractivity contribution in [1.82, 2.24) is 0 Å². The third-order valence-electron chi connectivity index (χ3n) is 7.89. The first-order valence-electron chi connectivity index (χ1n) is 16.6. The van der Waals surface area contributed by atoms with Crippen LogP contribution in [-0.2, 0) is 27.1 Å². The number of methoxy groups -OCH3 is 1. The number of carbonyl (C=O) groups excluding carboxylic acids is 3. The number of aldehydes is 1. The van der Waals surface area contributed by atoms with Gasteiger partial charge in [-0.2, -0.15) is 0 Å². The van der Waals surface area contributed by atoms with Crippen LogP contribution in [0.5, 0.6) is 17.2 Å². The topological polar surface area (TPSA) is 107 Å². The van der Waals surface area contributed by atoms with E-state index in [1.54, 1.807) is 48.5 Å². The van der Waals surface area contributed by atoms with Crippen LogP contribution in [0.1, 0.15) is 100 Å². The summed E-state index contributed by atoms with van der Waals surface area (Å²) in [7, 11) is 1.51. The van der Waals surface area contributed by atoms with Crippen LogP contribution < -0.4 is 14.2 Å². The van der Waals surface area contributed by atoms with E-state index in [0.717, 1.165) is 63.5 Å². The fourth-order valence-corrected chi connectivity index (χ4v) is 5.25. The van der Waals surface area contributed by atoms with Gasteiger partial charge in [-0.05, 0) is 98.5 Å². The highest BCUT2D eigenvalue weighted by molar-refractivity contribution is 5.93. The van der Waals surface area contributed by atoms with Gasteiger partial charge in [-0.15, -0.1) is 0 Å². The SMILES string of the molecule is CCCc1ccc(C(=O)OCCc2ccc(OC(=O)c3ccc(OCCCCCCOC4CCCCO4)c(OC)c3)c(C=O)c2)cc1. The summed E-state index contributed by atoms with van der Waals surface area (Å²) in [6, 6.07) is 17.2. The normalized spacial score (nSPS) is 14.3. The molecule has 1 fully saturated rings. The van der Waals surface area contributed by atoms with E-state index in [4.69, 9.17) is 28.4 Å². The molecule has 1 aliphatic heterocycles. The molecular formula is C38H46O9. The van der Waals surface area contributed by atoms with Gasteiger partial charge in [0.05, 0.1) is 37.0 Å². The standard InChI is InChI=1S/C38H46O9/c1-3-10-28-12-15-30(16-13-28)37(40)46-24-20-29-14-18-33(32(25-29)27-39)47-38(41)31-17-19-34(35(26-31)42-2)43-21-7-4-5-8-22-44-36-11-6-9-23-45-36/h12-19,25-27,36H,3-11,20-24H2,1-2H3. The zero-order valence-electron chi connectivity index (χ0n) is 27.5. The molecule has 4 rings (SSSR count). The number of benzene rings is 3. The lowest BCUT2D eigenvalue weighted by atomic mass is 10.1. The van der Waals surface area contributed by atoms with Crippen molar-refractivity contribution in [3.63, 3.8) is 0 Å². The molecule has 1 atom stereocenters. The Labute approximate surface area is 277 Å². The number of hydrogen-bond acceptors (Lipinski definition) is 9. The average molecular weight is 647 g/mol. The van der Waals surface area contributed by atoms with Crippen molar-refractivity contribution in [3.05, 3.63) is 88.5 Å². The fourth-order valence-electron chi connectivity index (χ4n) is 5.25. The Morgan fingerprint density at radius 3 is 2.26 bits per heavy atom. The van der Waals surface area contributed by atoms with Crippen LogP contribution in [0.2, 0.25) is 0 Å². The van der Waals surface area contributed by atoms with Gasteiger partial charge < -0.3 is 28.4 Å². The van der Waals surface area contributed by atoms with Crippen molar-refractivity contribution in [1.29, 1.82) is 0 Å². The molecule has 0 N–H and O–H groups in total. The van der Waals surface area contributed by atoms with Crippen LogP contribution in [-0.4, -0.2) is 58.1 Å². The van der Waals surface area contributed by atoms with Crippen LogP contribution in [0.25, 0.3) is 0 Å². The van der Waals surface area contributed by atoms with Gasteiger partial charge in [-0.1, -0.05) is 38.0 Å². The van der Waals surface area contributed by atoms with E-state index >= 15 is 0 Å². The predicted octanol–water partition coefficient (Wildman–Crippen LogP) is 7.56. The smallest absolute Gasteiger partial charge is 0.343 e. The number of unbranched alkanes of at least 4 members (excludes halogenated alkanes) is 3. The van der Waals surface area contributed by atoms with Gasteiger partial charge in [0.15, 0.2) is 24.1 Å². The second-order valence-corrected chi connectivity index (χ2v) is 11.5. The van der Waals surface area contributed by atoms with Crippen molar-refractivity contribution in [3.8, 4) is 17.2 Å². The monoisotopic (exact) mass is 646 g/mol. The van der Waals surface area contributed by atoms with Crippen LogP contribution in [0.15, 0.2) is 60.7 Å². The van der Waals surface area contributed by atoms with E-state index < -0.39 is 11.9 Å². The molecule has 0 radical (unpaired) electrons. The molecule has 0 bridgehead atoms.